The molecule has 2 aromatic rings. The Kier molecular flexibility index (Phi) is 5.40. The predicted molar refractivity (Wildman–Crippen MR) is 91.3 cm³/mol. The minimum absolute atomic E-state index is 0.159. The number of nitrogens with one attached hydrogen (secondary N) is 1. The molecule has 0 radical (unpaired) electrons. The van der Waals surface area contributed by atoms with Gasteiger partial charge in [0.2, 0.25) is 5.95 Å². The van der Waals surface area contributed by atoms with Crippen LogP contribution >= 0.6 is 0 Å². The SMILES string of the molecule is Fc1ccccc1CCNc1nccc(N2CCCCCC2)n1. The summed E-state index contributed by atoms with van der Waals surface area (Å²) in [6.07, 6.45) is 7.45. The Bertz CT molecular complexity index is 624. The van der Waals surface area contributed by atoms with E-state index in [4.69, 9.17) is 0 Å². The lowest BCUT2D eigenvalue weighted by Crippen LogP contribution is -2.25. The van der Waals surface area contributed by atoms with E-state index in [1.165, 1.54) is 31.7 Å². The summed E-state index contributed by atoms with van der Waals surface area (Å²) >= 11 is 0. The molecule has 5 heteroatoms. The molecule has 1 aromatic carbocycles. The van der Waals surface area contributed by atoms with E-state index < -0.39 is 0 Å². The van der Waals surface area contributed by atoms with Crippen molar-refractivity contribution in [3.8, 4) is 0 Å². The lowest BCUT2D eigenvalue weighted by atomic mass is 10.1. The second-order valence-corrected chi connectivity index (χ2v) is 5.91. The molecule has 1 N–H and O–H groups in total. The Morgan fingerprint density at radius 2 is 1.83 bits per heavy atom. The van der Waals surface area contributed by atoms with Gasteiger partial charge >= 0.3 is 0 Å². The molecule has 1 aliphatic heterocycles. The summed E-state index contributed by atoms with van der Waals surface area (Å²) in [7, 11) is 0. The lowest BCUT2D eigenvalue weighted by molar-refractivity contribution is 0.610. The summed E-state index contributed by atoms with van der Waals surface area (Å²) < 4.78 is 13.6. The molecule has 0 unspecified atom stereocenters. The Labute approximate surface area is 136 Å². The van der Waals surface area contributed by atoms with Crippen molar-refractivity contribution in [3.05, 3.63) is 47.9 Å². The van der Waals surface area contributed by atoms with E-state index in [-0.39, 0.29) is 5.82 Å². The molecule has 4 nitrogen and oxygen atoms in total. The zero-order chi connectivity index (χ0) is 15.9. The summed E-state index contributed by atoms with van der Waals surface area (Å²) in [4.78, 5) is 11.2. The first-order chi connectivity index (χ1) is 11.3. The molecule has 0 atom stereocenters. The van der Waals surface area contributed by atoms with Crippen LogP contribution in [0.15, 0.2) is 36.5 Å². The van der Waals surface area contributed by atoms with Crippen LogP contribution in [-0.4, -0.2) is 29.6 Å². The molecule has 2 heterocycles. The number of halogens is 1. The molecule has 0 amide bonds. The highest BCUT2D eigenvalue weighted by Crippen LogP contribution is 2.18. The van der Waals surface area contributed by atoms with Gasteiger partial charge in [0.15, 0.2) is 0 Å². The quantitative estimate of drug-likeness (QED) is 0.914. The lowest BCUT2D eigenvalue weighted by Gasteiger charge is -2.21. The standard InChI is InChI=1S/C18H23FN4/c19-16-8-4-3-7-15(16)9-11-20-18-21-12-10-17(22-18)23-13-5-1-2-6-14-23/h3-4,7-8,10,12H,1-2,5-6,9,11,13-14H2,(H,20,21,22). The van der Waals surface area contributed by atoms with E-state index in [9.17, 15) is 4.39 Å². The monoisotopic (exact) mass is 314 g/mol. The van der Waals surface area contributed by atoms with E-state index in [2.05, 4.69) is 20.2 Å². The van der Waals surface area contributed by atoms with Crippen LogP contribution < -0.4 is 10.2 Å². The van der Waals surface area contributed by atoms with E-state index in [0.29, 0.717) is 24.5 Å². The molecule has 1 aromatic heterocycles. The van der Waals surface area contributed by atoms with Crippen molar-refractivity contribution >= 4 is 11.8 Å². The van der Waals surface area contributed by atoms with Crippen LogP contribution in [0.5, 0.6) is 0 Å². The van der Waals surface area contributed by atoms with E-state index >= 15 is 0 Å². The number of anilines is 2. The predicted octanol–water partition coefficient (Wildman–Crippen LogP) is 3.65. The number of benzene rings is 1. The van der Waals surface area contributed by atoms with E-state index in [0.717, 1.165) is 18.9 Å². The fourth-order valence-electron chi connectivity index (χ4n) is 2.92. The summed E-state index contributed by atoms with van der Waals surface area (Å²) in [5.74, 6) is 1.44. The zero-order valence-electron chi connectivity index (χ0n) is 13.3. The molecule has 1 aliphatic rings. The summed E-state index contributed by atoms with van der Waals surface area (Å²) in [6, 6.07) is 8.83. The molecular weight excluding hydrogens is 291 g/mol. The molecule has 23 heavy (non-hydrogen) atoms. The Balaban J connectivity index is 1.58. The van der Waals surface area contributed by atoms with Gasteiger partial charge in [0.25, 0.3) is 0 Å². The first-order valence-corrected chi connectivity index (χ1v) is 8.38. The van der Waals surface area contributed by atoms with Gasteiger partial charge < -0.3 is 10.2 Å². The van der Waals surface area contributed by atoms with E-state index in [1.54, 1.807) is 12.3 Å². The second-order valence-electron chi connectivity index (χ2n) is 5.91. The minimum atomic E-state index is -0.159. The highest BCUT2D eigenvalue weighted by Gasteiger charge is 2.11. The average Bonchev–Trinajstić information content (AvgIpc) is 2.86. The average molecular weight is 314 g/mol. The molecule has 0 aliphatic carbocycles. The van der Waals surface area contributed by atoms with Crippen LogP contribution in [-0.2, 0) is 6.42 Å². The third kappa shape index (κ3) is 4.41. The number of nitrogens with zero attached hydrogens (tertiary/aromatic N) is 3. The molecule has 0 bridgehead atoms. The highest BCUT2D eigenvalue weighted by molar-refractivity contribution is 5.42. The summed E-state index contributed by atoms with van der Waals surface area (Å²) in [6.45, 7) is 2.74. The Morgan fingerprint density at radius 1 is 1.04 bits per heavy atom. The Hall–Kier alpha value is -2.17. The first-order valence-electron chi connectivity index (χ1n) is 8.38. The number of rotatable bonds is 5. The fraction of sp³-hybridized carbons (Fsp3) is 0.444. The molecule has 3 rings (SSSR count). The van der Waals surface area contributed by atoms with Gasteiger partial charge in [0, 0.05) is 25.8 Å². The molecular formula is C18H23FN4. The fourth-order valence-corrected chi connectivity index (χ4v) is 2.92. The van der Waals surface area contributed by atoms with Crippen LogP contribution in [0, 0.1) is 5.82 Å². The van der Waals surface area contributed by atoms with Crippen LogP contribution in [0.25, 0.3) is 0 Å². The van der Waals surface area contributed by atoms with Gasteiger partial charge in [0.05, 0.1) is 0 Å². The van der Waals surface area contributed by atoms with Crippen molar-refractivity contribution in [2.45, 2.75) is 32.1 Å². The number of hydrogen-bond donors (Lipinski definition) is 1. The van der Waals surface area contributed by atoms with Crippen molar-refractivity contribution < 1.29 is 4.39 Å². The van der Waals surface area contributed by atoms with Crippen LogP contribution in [0.2, 0.25) is 0 Å². The van der Waals surface area contributed by atoms with Crippen molar-refractivity contribution in [2.75, 3.05) is 29.9 Å². The van der Waals surface area contributed by atoms with Gasteiger partial charge in [-0.3, -0.25) is 0 Å². The third-order valence-corrected chi connectivity index (χ3v) is 4.21. The van der Waals surface area contributed by atoms with Crippen molar-refractivity contribution in [1.82, 2.24) is 9.97 Å². The van der Waals surface area contributed by atoms with Gasteiger partial charge in [0.1, 0.15) is 11.6 Å². The number of aromatic nitrogens is 2. The first kappa shape index (κ1) is 15.7. The minimum Gasteiger partial charge on any atom is -0.356 e. The normalized spacial score (nSPS) is 15.3. The zero-order valence-corrected chi connectivity index (χ0v) is 13.3. The Morgan fingerprint density at radius 3 is 2.61 bits per heavy atom. The maximum atomic E-state index is 13.6. The molecule has 1 saturated heterocycles. The van der Waals surface area contributed by atoms with Gasteiger partial charge in [-0.05, 0) is 37.0 Å². The maximum absolute atomic E-state index is 13.6. The second kappa shape index (κ2) is 7.90. The van der Waals surface area contributed by atoms with Crippen molar-refractivity contribution in [1.29, 1.82) is 0 Å². The van der Waals surface area contributed by atoms with Crippen molar-refractivity contribution in [3.63, 3.8) is 0 Å². The van der Waals surface area contributed by atoms with Gasteiger partial charge in [-0.1, -0.05) is 31.0 Å². The smallest absolute Gasteiger partial charge is 0.224 e. The summed E-state index contributed by atoms with van der Waals surface area (Å²) in [5.41, 5.74) is 0.712. The number of hydrogen-bond acceptors (Lipinski definition) is 4. The summed E-state index contributed by atoms with van der Waals surface area (Å²) in [5, 5.41) is 3.20. The molecule has 0 spiro atoms. The molecule has 1 fully saturated rings. The van der Waals surface area contributed by atoms with Crippen LogP contribution in [0.4, 0.5) is 16.2 Å². The highest BCUT2D eigenvalue weighted by atomic mass is 19.1. The third-order valence-electron chi connectivity index (χ3n) is 4.21. The van der Waals surface area contributed by atoms with Gasteiger partial charge in [-0.2, -0.15) is 4.98 Å². The molecule has 122 valence electrons. The van der Waals surface area contributed by atoms with Crippen LogP contribution in [0.1, 0.15) is 31.2 Å². The largest absolute Gasteiger partial charge is 0.356 e. The molecule has 0 saturated carbocycles. The maximum Gasteiger partial charge on any atom is 0.224 e. The van der Waals surface area contributed by atoms with Gasteiger partial charge in [-0.15, -0.1) is 0 Å². The topological polar surface area (TPSA) is 41.1 Å². The van der Waals surface area contributed by atoms with Crippen LogP contribution in [0.3, 0.4) is 0 Å². The van der Waals surface area contributed by atoms with E-state index in [1.807, 2.05) is 18.2 Å². The van der Waals surface area contributed by atoms with Gasteiger partial charge in [-0.25, -0.2) is 9.37 Å². The van der Waals surface area contributed by atoms with Crippen molar-refractivity contribution in [2.24, 2.45) is 0 Å².